The molecule has 2 N–H and O–H groups in total. The van der Waals surface area contributed by atoms with Gasteiger partial charge in [-0.1, -0.05) is 0 Å². The summed E-state index contributed by atoms with van der Waals surface area (Å²) in [7, 11) is -3.59. The summed E-state index contributed by atoms with van der Waals surface area (Å²) in [6, 6.07) is 1.76. The van der Waals surface area contributed by atoms with Crippen LogP contribution in [0.3, 0.4) is 0 Å². The molecule has 1 atom stereocenters. The van der Waals surface area contributed by atoms with Gasteiger partial charge in [-0.05, 0) is 45.2 Å². The SMILES string of the molecule is Cc1cc(C)nc(S(=O)(=O)N2CCC[C@H](CN)C2)n1. The number of piperidine rings is 1. The maximum Gasteiger partial charge on any atom is 0.278 e. The van der Waals surface area contributed by atoms with Gasteiger partial charge in [0.15, 0.2) is 0 Å². The van der Waals surface area contributed by atoms with E-state index in [1.807, 2.05) is 0 Å². The maximum absolute atomic E-state index is 12.5. The van der Waals surface area contributed by atoms with Crippen molar-refractivity contribution in [2.75, 3.05) is 19.6 Å². The van der Waals surface area contributed by atoms with Crippen molar-refractivity contribution in [3.63, 3.8) is 0 Å². The van der Waals surface area contributed by atoms with Crippen LogP contribution in [0.25, 0.3) is 0 Å². The summed E-state index contributed by atoms with van der Waals surface area (Å²) in [5.74, 6) is 0.231. The van der Waals surface area contributed by atoms with Crippen molar-refractivity contribution < 1.29 is 8.42 Å². The van der Waals surface area contributed by atoms with Crippen LogP contribution in [-0.4, -0.2) is 42.3 Å². The van der Waals surface area contributed by atoms with E-state index in [1.54, 1.807) is 19.9 Å². The first-order chi connectivity index (χ1) is 8.93. The smallest absolute Gasteiger partial charge is 0.278 e. The van der Waals surface area contributed by atoms with Gasteiger partial charge in [0.05, 0.1) is 0 Å². The van der Waals surface area contributed by atoms with E-state index in [4.69, 9.17) is 5.73 Å². The molecule has 1 fully saturated rings. The van der Waals surface area contributed by atoms with Crippen molar-refractivity contribution in [3.05, 3.63) is 17.5 Å². The van der Waals surface area contributed by atoms with E-state index >= 15 is 0 Å². The minimum Gasteiger partial charge on any atom is -0.330 e. The molecule has 0 aliphatic carbocycles. The molecule has 0 spiro atoms. The van der Waals surface area contributed by atoms with Crippen molar-refractivity contribution in [3.8, 4) is 0 Å². The van der Waals surface area contributed by atoms with Crippen molar-refractivity contribution in [2.24, 2.45) is 11.7 Å². The summed E-state index contributed by atoms with van der Waals surface area (Å²) >= 11 is 0. The van der Waals surface area contributed by atoms with Crippen LogP contribution < -0.4 is 5.73 Å². The quantitative estimate of drug-likeness (QED) is 0.814. The number of hydrogen-bond acceptors (Lipinski definition) is 5. The van der Waals surface area contributed by atoms with Gasteiger partial charge in [-0.25, -0.2) is 18.4 Å². The molecular weight excluding hydrogens is 264 g/mol. The summed E-state index contributed by atoms with van der Waals surface area (Å²) < 4.78 is 26.5. The largest absolute Gasteiger partial charge is 0.330 e. The Kier molecular flexibility index (Phi) is 4.17. The highest BCUT2D eigenvalue weighted by Crippen LogP contribution is 2.21. The lowest BCUT2D eigenvalue weighted by Gasteiger charge is -2.30. The van der Waals surface area contributed by atoms with Crippen molar-refractivity contribution in [2.45, 2.75) is 31.8 Å². The molecule has 106 valence electrons. The highest BCUT2D eigenvalue weighted by Gasteiger charge is 2.31. The second-order valence-corrected chi connectivity index (χ2v) is 6.87. The summed E-state index contributed by atoms with van der Waals surface area (Å²) in [5, 5.41) is -0.0947. The molecule has 1 aliphatic rings. The third-order valence-corrected chi connectivity index (χ3v) is 5.00. The fourth-order valence-electron chi connectivity index (χ4n) is 2.36. The minimum absolute atomic E-state index is 0.0947. The van der Waals surface area contributed by atoms with Gasteiger partial charge < -0.3 is 5.73 Å². The van der Waals surface area contributed by atoms with Crippen LogP contribution in [-0.2, 0) is 10.0 Å². The van der Waals surface area contributed by atoms with Gasteiger partial charge in [-0.15, -0.1) is 0 Å². The van der Waals surface area contributed by atoms with Gasteiger partial charge in [-0.3, -0.25) is 0 Å². The highest BCUT2D eigenvalue weighted by molar-refractivity contribution is 7.88. The molecule has 1 aliphatic heterocycles. The predicted molar refractivity (Wildman–Crippen MR) is 72.0 cm³/mol. The van der Waals surface area contributed by atoms with Gasteiger partial charge in [0.1, 0.15) is 0 Å². The third kappa shape index (κ3) is 3.10. The number of aromatic nitrogens is 2. The average Bonchev–Trinajstić information content (AvgIpc) is 2.37. The second-order valence-electron chi connectivity index (χ2n) is 5.04. The standard InChI is InChI=1S/C12H20N4O2S/c1-9-6-10(2)15-12(14-9)19(17,18)16-5-3-4-11(7-13)8-16/h6,11H,3-5,7-8,13H2,1-2H3/t11-/m1/s1. The Bertz CT molecular complexity index is 539. The molecule has 0 bridgehead atoms. The zero-order valence-corrected chi connectivity index (χ0v) is 12.2. The Labute approximate surface area is 114 Å². The second kappa shape index (κ2) is 5.52. The van der Waals surface area contributed by atoms with Crippen molar-refractivity contribution in [1.29, 1.82) is 0 Å². The Hall–Kier alpha value is -1.05. The average molecular weight is 284 g/mol. The van der Waals surface area contributed by atoms with Crippen LogP contribution in [0.5, 0.6) is 0 Å². The van der Waals surface area contributed by atoms with Gasteiger partial charge in [0.2, 0.25) is 0 Å². The summed E-state index contributed by atoms with van der Waals surface area (Å²) in [5.41, 5.74) is 6.97. The molecule has 1 aromatic heterocycles. The fraction of sp³-hybridized carbons (Fsp3) is 0.667. The van der Waals surface area contributed by atoms with Crippen LogP contribution in [0.15, 0.2) is 11.2 Å². The topological polar surface area (TPSA) is 89.2 Å². The lowest BCUT2D eigenvalue weighted by Crippen LogP contribution is -2.42. The number of aryl methyl sites for hydroxylation is 2. The van der Waals surface area contributed by atoms with Crippen molar-refractivity contribution in [1.82, 2.24) is 14.3 Å². The maximum atomic E-state index is 12.5. The number of sulfonamides is 1. The molecule has 0 aromatic carbocycles. The molecule has 0 amide bonds. The number of hydrogen-bond donors (Lipinski definition) is 1. The first kappa shape index (κ1) is 14.4. The van der Waals surface area contributed by atoms with Crippen LogP contribution in [0.1, 0.15) is 24.2 Å². The Morgan fingerprint density at radius 1 is 1.37 bits per heavy atom. The van der Waals surface area contributed by atoms with E-state index in [0.29, 0.717) is 31.0 Å². The van der Waals surface area contributed by atoms with E-state index in [-0.39, 0.29) is 11.1 Å². The van der Waals surface area contributed by atoms with E-state index in [2.05, 4.69) is 9.97 Å². The Balaban J connectivity index is 2.31. The monoisotopic (exact) mass is 284 g/mol. The first-order valence-corrected chi connectivity index (χ1v) is 7.90. The van der Waals surface area contributed by atoms with Crippen LogP contribution in [0, 0.1) is 19.8 Å². The summed E-state index contributed by atoms with van der Waals surface area (Å²) in [6.07, 6.45) is 1.82. The normalized spacial score (nSPS) is 21.5. The minimum atomic E-state index is -3.59. The zero-order valence-electron chi connectivity index (χ0n) is 11.3. The number of rotatable bonds is 3. The molecule has 7 heteroatoms. The van der Waals surface area contributed by atoms with E-state index < -0.39 is 10.0 Å². The molecule has 0 radical (unpaired) electrons. The molecule has 2 heterocycles. The van der Waals surface area contributed by atoms with Gasteiger partial charge >= 0.3 is 0 Å². The van der Waals surface area contributed by atoms with Crippen molar-refractivity contribution >= 4 is 10.0 Å². The van der Waals surface area contributed by atoms with E-state index in [0.717, 1.165) is 12.8 Å². The molecule has 0 saturated carbocycles. The molecule has 6 nitrogen and oxygen atoms in total. The van der Waals surface area contributed by atoms with Gasteiger partial charge in [-0.2, -0.15) is 4.31 Å². The first-order valence-electron chi connectivity index (χ1n) is 6.46. The molecule has 2 rings (SSSR count). The van der Waals surface area contributed by atoms with Gasteiger partial charge in [0, 0.05) is 24.5 Å². The van der Waals surface area contributed by atoms with E-state index in [1.165, 1.54) is 4.31 Å². The van der Waals surface area contributed by atoms with E-state index in [9.17, 15) is 8.42 Å². The molecule has 1 saturated heterocycles. The summed E-state index contributed by atoms with van der Waals surface area (Å²) in [4.78, 5) is 8.12. The molecule has 0 unspecified atom stereocenters. The number of nitrogens with zero attached hydrogens (tertiary/aromatic N) is 3. The Morgan fingerprint density at radius 2 is 2.00 bits per heavy atom. The zero-order chi connectivity index (χ0) is 14.0. The molecular formula is C12H20N4O2S. The molecule has 1 aromatic rings. The lowest BCUT2D eigenvalue weighted by atomic mass is 10.0. The highest BCUT2D eigenvalue weighted by atomic mass is 32.2. The van der Waals surface area contributed by atoms with Crippen LogP contribution in [0.4, 0.5) is 0 Å². The number of nitrogens with two attached hydrogens (primary N) is 1. The third-order valence-electron chi connectivity index (χ3n) is 3.35. The van der Waals surface area contributed by atoms with Gasteiger partial charge in [0.25, 0.3) is 15.2 Å². The predicted octanol–water partition coefficient (Wildman–Crippen LogP) is 0.453. The fourth-order valence-corrected chi connectivity index (χ4v) is 3.89. The lowest BCUT2D eigenvalue weighted by molar-refractivity contribution is 0.270. The van der Waals surface area contributed by atoms with Crippen LogP contribution >= 0.6 is 0 Å². The molecule has 19 heavy (non-hydrogen) atoms. The Morgan fingerprint density at radius 3 is 2.58 bits per heavy atom. The summed E-state index contributed by atoms with van der Waals surface area (Å²) in [6.45, 7) is 5.04. The van der Waals surface area contributed by atoms with Crippen LogP contribution in [0.2, 0.25) is 0 Å².